The first-order chi connectivity index (χ1) is 11.1. The maximum Gasteiger partial charge on any atom is 0.185 e. The number of carbonyl (C=O) groups excluding carboxylic acids is 1. The summed E-state index contributed by atoms with van der Waals surface area (Å²) in [5, 5.41) is 0. The van der Waals surface area contributed by atoms with Crippen molar-refractivity contribution in [3.63, 3.8) is 0 Å². The van der Waals surface area contributed by atoms with E-state index in [1.165, 1.54) is 6.08 Å². The van der Waals surface area contributed by atoms with Crippen LogP contribution in [0, 0.1) is 6.92 Å². The molecule has 0 atom stereocenters. The highest BCUT2D eigenvalue weighted by molar-refractivity contribution is 6.07. The number of carbonyl (C=O) groups is 1. The molecule has 23 heavy (non-hydrogen) atoms. The molecule has 0 heterocycles. The molecule has 120 valence electrons. The van der Waals surface area contributed by atoms with Crippen molar-refractivity contribution in [2.75, 3.05) is 21.3 Å². The Morgan fingerprint density at radius 2 is 1.61 bits per heavy atom. The van der Waals surface area contributed by atoms with Crippen LogP contribution in [0.4, 0.5) is 0 Å². The fourth-order valence-electron chi connectivity index (χ4n) is 2.39. The van der Waals surface area contributed by atoms with Gasteiger partial charge in [0.05, 0.1) is 26.9 Å². The van der Waals surface area contributed by atoms with E-state index in [4.69, 9.17) is 14.2 Å². The first kappa shape index (κ1) is 16.6. The minimum Gasteiger partial charge on any atom is -0.496 e. The van der Waals surface area contributed by atoms with E-state index < -0.39 is 0 Å². The summed E-state index contributed by atoms with van der Waals surface area (Å²) >= 11 is 0. The molecule has 0 aliphatic carbocycles. The van der Waals surface area contributed by atoms with E-state index in [0.29, 0.717) is 28.4 Å². The average molecular weight is 312 g/mol. The summed E-state index contributed by atoms with van der Waals surface area (Å²) in [6, 6.07) is 10.9. The van der Waals surface area contributed by atoms with Crippen LogP contribution in [0.2, 0.25) is 0 Å². The van der Waals surface area contributed by atoms with Crippen LogP contribution in [0.1, 0.15) is 21.5 Å². The minimum atomic E-state index is -0.0804. The van der Waals surface area contributed by atoms with E-state index in [1.807, 2.05) is 25.1 Å². The first-order valence-corrected chi connectivity index (χ1v) is 7.19. The highest BCUT2D eigenvalue weighted by atomic mass is 16.5. The molecule has 0 fully saturated rings. The summed E-state index contributed by atoms with van der Waals surface area (Å²) in [6.07, 6.45) is 3.22. The summed E-state index contributed by atoms with van der Waals surface area (Å²) < 4.78 is 16.2. The lowest BCUT2D eigenvalue weighted by Crippen LogP contribution is -1.99. The fraction of sp³-hybridized carbons (Fsp3) is 0.211. The van der Waals surface area contributed by atoms with Gasteiger partial charge < -0.3 is 14.2 Å². The van der Waals surface area contributed by atoms with Crippen LogP contribution in [0.15, 0.2) is 42.5 Å². The summed E-state index contributed by atoms with van der Waals surface area (Å²) in [5.74, 6) is 1.80. The van der Waals surface area contributed by atoms with Crippen molar-refractivity contribution in [3.05, 3.63) is 59.2 Å². The Kier molecular flexibility index (Phi) is 5.41. The Balaban J connectivity index is 2.44. The number of allylic oxidation sites excluding steroid dienone is 1. The third-order valence-corrected chi connectivity index (χ3v) is 3.59. The molecule has 0 N–H and O–H groups in total. The minimum absolute atomic E-state index is 0.0804. The Labute approximate surface area is 136 Å². The molecule has 0 aromatic heterocycles. The van der Waals surface area contributed by atoms with Gasteiger partial charge in [-0.25, -0.2) is 0 Å². The molecule has 0 radical (unpaired) electrons. The van der Waals surface area contributed by atoms with Gasteiger partial charge in [-0.3, -0.25) is 4.79 Å². The Hall–Kier alpha value is -2.75. The van der Waals surface area contributed by atoms with Gasteiger partial charge >= 0.3 is 0 Å². The molecule has 0 spiro atoms. The lowest BCUT2D eigenvalue weighted by molar-refractivity contribution is 0.104. The van der Waals surface area contributed by atoms with E-state index in [9.17, 15) is 4.79 Å². The third-order valence-electron chi connectivity index (χ3n) is 3.59. The molecule has 2 rings (SSSR count). The van der Waals surface area contributed by atoms with Crippen molar-refractivity contribution in [1.82, 2.24) is 0 Å². The van der Waals surface area contributed by atoms with Crippen LogP contribution in [0.5, 0.6) is 17.2 Å². The molecule has 0 bridgehead atoms. The second kappa shape index (κ2) is 7.49. The largest absolute Gasteiger partial charge is 0.496 e. The number of rotatable bonds is 6. The fourth-order valence-corrected chi connectivity index (χ4v) is 2.39. The van der Waals surface area contributed by atoms with Gasteiger partial charge in [-0.15, -0.1) is 0 Å². The van der Waals surface area contributed by atoms with Gasteiger partial charge in [0.2, 0.25) is 0 Å². The van der Waals surface area contributed by atoms with Gasteiger partial charge in [-0.1, -0.05) is 30.3 Å². The van der Waals surface area contributed by atoms with Crippen molar-refractivity contribution >= 4 is 11.9 Å². The topological polar surface area (TPSA) is 44.8 Å². The Bertz CT molecular complexity index is 718. The highest BCUT2D eigenvalue weighted by Crippen LogP contribution is 2.39. The number of hydrogen-bond donors (Lipinski definition) is 0. The maximum absolute atomic E-state index is 12.2. The second-order valence-corrected chi connectivity index (χ2v) is 4.92. The lowest BCUT2D eigenvalue weighted by Gasteiger charge is -2.16. The van der Waals surface area contributed by atoms with E-state index in [2.05, 4.69) is 0 Å². The Morgan fingerprint density at radius 3 is 2.17 bits per heavy atom. The monoisotopic (exact) mass is 312 g/mol. The van der Waals surface area contributed by atoms with Gasteiger partial charge in [0.15, 0.2) is 5.78 Å². The summed E-state index contributed by atoms with van der Waals surface area (Å²) in [7, 11) is 4.74. The van der Waals surface area contributed by atoms with Crippen LogP contribution in [-0.2, 0) is 0 Å². The quantitative estimate of drug-likeness (QED) is 0.599. The molecule has 0 saturated heterocycles. The van der Waals surface area contributed by atoms with Crippen molar-refractivity contribution in [1.29, 1.82) is 0 Å². The van der Waals surface area contributed by atoms with Crippen molar-refractivity contribution < 1.29 is 19.0 Å². The Morgan fingerprint density at radius 1 is 0.957 bits per heavy atom. The zero-order valence-corrected chi connectivity index (χ0v) is 13.8. The summed E-state index contributed by atoms with van der Waals surface area (Å²) in [6.45, 7) is 1.90. The van der Waals surface area contributed by atoms with E-state index >= 15 is 0 Å². The maximum atomic E-state index is 12.2. The third kappa shape index (κ3) is 3.54. The zero-order chi connectivity index (χ0) is 16.8. The van der Waals surface area contributed by atoms with Crippen LogP contribution < -0.4 is 14.2 Å². The van der Waals surface area contributed by atoms with Crippen molar-refractivity contribution in [2.45, 2.75) is 6.92 Å². The normalized spacial score (nSPS) is 10.6. The molecule has 0 aliphatic rings. The van der Waals surface area contributed by atoms with Gasteiger partial charge in [-0.05, 0) is 19.1 Å². The SMILES string of the molecule is COc1cc(OC)c(C=CC(=O)c2ccccc2)c(OC)c1C. The molecule has 0 amide bonds. The highest BCUT2D eigenvalue weighted by Gasteiger charge is 2.16. The lowest BCUT2D eigenvalue weighted by atomic mass is 10.0. The van der Waals surface area contributed by atoms with E-state index in [1.54, 1.807) is 45.6 Å². The summed E-state index contributed by atoms with van der Waals surface area (Å²) in [5.41, 5.74) is 2.19. The standard InChI is InChI=1S/C19H20O4/c1-13-17(21-2)12-18(22-3)15(19(13)23-4)10-11-16(20)14-8-6-5-7-9-14/h5-12H,1-4H3. The van der Waals surface area contributed by atoms with Crippen LogP contribution in [0.25, 0.3) is 6.08 Å². The van der Waals surface area contributed by atoms with Crippen molar-refractivity contribution in [2.24, 2.45) is 0 Å². The van der Waals surface area contributed by atoms with Gasteiger partial charge in [0.1, 0.15) is 17.2 Å². The van der Waals surface area contributed by atoms with Gasteiger partial charge in [0, 0.05) is 17.2 Å². The van der Waals surface area contributed by atoms with Crippen LogP contribution in [-0.4, -0.2) is 27.1 Å². The first-order valence-electron chi connectivity index (χ1n) is 7.19. The number of methoxy groups -OCH3 is 3. The van der Waals surface area contributed by atoms with Crippen LogP contribution in [0.3, 0.4) is 0 Å². The molecule has 2 aromatic carbocycles. The predicted octanol–water partition coefficient (Wildman–Crippen LogP) is 3.92. The molecule has 0 saturated carbocycles. The zero-order valence-electron chi connectivity index (χ0n) is 13.8. The average Bonchev–Trinajstić information content (AvgIpc) is 2.60. The van der Waals surface area contributed by atoms with Crippen molar-refractivity contribution in [3.8, 4) is 17.2 Å². The molecule has 0 aliphatic heterocycles. The smallest absolute Gasteiger partial charge is 0.185 e. The number of hydrogen-bond acceptors (Lipinski definition) is 4. The predicted molar refractivity (Wildman–Crippen MR) is 90.6 cm³/mol. The molecule has 0 unspecified atom stereocenters. The molecule has 4 nitrogen and oxygen atoms in total. The van der Waals surface area contributed by atoms with E-state index in [0.717, 1.165) is 5.56 Å². The van der Waals surface area contributed by atoms with Gasteiger partial charge in [0.25, 0.3) is 0 Å². The van der Waals surface area contributed by atoms with Crippen LogP contribution >= 0.6 is 0 Å². The molecular formula is C19H20O4. The van der Waals surface area contributed by atoms with E-state index in [-0.39, 0.29) is 5.78 Å². The second-order valence-electron chi connectivity index (χ2n) is 4.92. The molecular weight excluding hydrogens is 292 g/mol. The number of benzene rings is 2. The summed E-state index contributed by atoms with van der Waals surface area (Å²) in [4.78, 5) is 12.2. The number of ether oxygens (including phenoxy) is 3. The van der Waals surface area contributed by atoms with Gasteiger partial charge in [-0.2, -0.15) is 0 Å². The molecule has 4 heteroatoms. The molecule has 2 aromatic rings. The number of ketones is 1.